The molecule has 9 heteroatoms. The quantitative estimate of drug-likeness (QED) is 0.845. The van der Waals surface area contributed by atoms with Gasteiger partial charge in [-0.05, 0) is 56.0 Å². The fraction of sp³-hybridized carbons (Fsp3) is 0.529. The van der Waals surface area contributed by atoms with Gasteiger partial charge in [-0.15, -0.1) is 0 Å². The third kappa shape index (κ3) is 3.64. The molecule has 1 saturated carbocycles. The molecule has 1 aromatic carbocycles. The van der Waals surface area contributed by atoms with E-state index >= 15 is 0 Å². The van der Waals surface area contributed by atoms with E-state index in [-0.39, 0.29) is 23.0 Å². The van der Waals surface area contributed by atoms with E-state index in [1.807, 2.05) is 0 Å². The summed E-state index contributed by atoms with van der Waals surface area (Å²) in [6, 6.07) is 4.56. The van der Waals surface area contributed by atoms with E-state index in [1.165, 1.54) is 23.5 Å². The van der Waals surface area contributed by atoms with Crippen molar-refractivity contribution in [3.63, 3.8) is 0 Å². The molecular weight excluding hydrogens is 367 g/mol. The van der Waals surface area contributed by atoms with Crippen molar-refractivity contribution in [3.8, 4) is 5.75 Å². The number of ether oxygens (including phenoxy) is 1. The van der Waals surface area contributed by atoms with Gasteiger partial charge in [-0.25, -0.2) is 4.98 Å². The highest BCUT2D eigenvalue weighted by molar-refractivity contribution is 7.22. The average molecular weight is 385 g/mol. The monoisotopic (exact) mass is 385 g/mol. The minimum atomic E-state index is -4.38. The molecule has 2 N–H and O–H groups in total. The summed E-state index contributed by atoms with van der Waals surface area (Å²) in [7, 11) is 0. The van der Waals surface area contributed by atoms with Gasteiger partial charge in [0.1, 0.15) is 5.75 Å². The number of nitrogens with one attached hydrogen (secondary N) is 2. The van der Waals surface area contributed by atoms with E-state index in [4.69, 9.17) is 4.74 Å². The average Bonchev–Trinajstić information content (AvgIpc) is 3.12. The number of aromatic nitrogens is 1. The third-order valence-corrected chi connectivity index (χ3v) is 6.03. The molecular formula is C17H18F3N3O2S. The van der Waals surface area contributed by atoms with Crippen molar-refractivity contribution in [2.45, 2.75) is 25.4 Å². The Morgan fingerprint density at radius 3 is 2.88 bits per heavy atom. The van der Waals surface area contributed by atoms with E-state index in [1.54, 1.807) is 6.07 Å². The van der Waals surface area contributed by atoms with Crippen LogP contribution in [-0.4, -0.2) is 36.8 Å². The Balaban J connectivity index is 1.42. The lowest BCUT2D eigenvalue weighted by Gasteiger charge is -2.22. The van der Waals surface area contributed by atoms with E-state index in [2.05, 4.69) is 15.6 Å². The number of carbonyl (C=O) groups excluding carboxylic acids is 1. The number of halogens is 3. The van der Waals surface area contributed by atoms with Gasteiger partial charge in [0.05, 0.1) is 10.2 Å². The van der Waals surface area contributed by atoms with Crippen molar-refractivity contribution < 1.29 is 22.7 Å². The maximum Gasteiger partial charge on any atom is 0.422 e. The Morgan fingerprint density at radius 1 is 1.38 bits per heavy atom. The number of thiazole rings is 1. The molecule has 1 atom stereocenters. The first-order chi connectivity index (χ1) is 12.3. The highest BCUT2D eigenvalue weighted by Crippen LogP contribution is 2.58. The third-order valence-electron chi connectivity index (χ3n) is 5.10. The minimum Gasteiger partial charge on any atom is -0.484 e. The highest BCUT2D eigenvalue weighted by atomic mass is 32.1. The predicted octanol–water partition coefficient (Wildman–Crippen LogP) is 3.57. The van der Waals surface area contributed by atoms with Crippen LogP contribution in [0.5, 0.6) is 5.75 Å². The maximum atomic E-state index is 12.5. The van der Waals surface area contributed by atoms with Crippen LogP contribution in [0.2, 0.25) is 0 Å². The van der Waals surface area contributed by atoms with Crippen molar-refractivity contribution in [2.75, 3.05) is 25.0 Å². The van der Waals surface area contributed by atoms with Gasteiger partial charge in [-0.3, -0.25) is 4.79 Å². The van der Waals surface area contributed by atoms with Crippen LogP contribution in [0, 0.1) is 11.3 Å². The molecule has 2 heterocycles. The molecule has 2 fully saturated rings. The largest absolute Gasteiger partial charge is 0.484 e. The van der Waals surface area contributed by atoms with Crippen LogP contribution >= 0.6 is 11.3 Å². The second kappa shape index (κ2) is 6.38. The number of anilines is 1. The first-order valence-corrected chi connectivity index (χ1v) is 9.28. The van der Waals surface area contributed by atoms with E-state index in [0.717, 1.165) is 32.4 Å². The normalized spacial score (nSPS) is 21.7. The molecule has 1 amide bonds. The zero-order valence-electron chi connectivity index (χ0n) is 13.9. The zero-order chi connectivity index (χ0) is 18.4. The van der Waals surface area contributed by atoms with Gasteiger partial charge in [0.2, 0.25) is 5.91 Å². The molecule has 26 heavy (non-hydrogen) atoms. The van der Waals surface area contributed by atoms with Crippen molar-refractivity contribution in [1.29, 1.82) is 0 Å². The van der Waals surface area contributed by atoms with Gasteiger partial charge in [0, 0.05) is 5.92 Å². The molecule has 1 aliphatic carbocycles. The molecule has 5 nitrogen and oxygen atoms in total. The summed E-state index contributed by atoms with van der Waals surface area (Å²) in [4.78, 5) is 16.8. The summed E-state index contributed by atoms with van der Waals surface area (Å²) in [5.41, 5.74) is 0.766. The molecule has 4 rings (SSSR count). The first-order valence-electron chi connectivity index (χ1n) is 8.46. The number of rotatable bonds is 4. The molecule has 2 aromatic rings. The number of hydrogen-bond acceptors (Lipinski definition) is 5. The van der Waals surface area contributed by atoms with Crippen LogP contribution in [0.15, 0.2) is 18.2 Å². The van der Waals surface area contributed by atoms with Gasteiger partial charge >= 0.3 is 6.18 Å². The number of alkyl halides is 3. The Kier molecular flexibility index (Phi) is 4.31. The molecule has 1 aromatic heterocycles. The molecule has 1 unspecified atom stereocenters. The molecule has 0 radical (unpaired) electrons. The summed E-state index contributed by atoms with van der Waals surface area (Å²) in [6.07, 6.45) is -1.42. The Bertz CT molecular complexity index is 830. The van der Waals surface area contributed by atoms with E-state index in [0.29, 0.717) is 15.3 Å². The van der Waals surface area contributed by atoms with Crippen LogP contribution in [0.3, 0.4) is 0 Å². The van der Waals surface area contributed by atoms with Gasteiger partial charge in [0.25, 0.3) is 0 Å². The molecule has 1 spiro atoms. The van der Waals surface area contributed by atoms with Crippen molar-refractivity contribution in [1.82, 2.24) is 10.3 Å². The van der Waals surface area contributed by atoms with Gasteiger partial charge in [0.15, 0.2) is 11.7 Å². The van der Waals surface area contributed by atoms with E-state index in [9.17, 15) is 18.0 Å². The van der Waals surface area contributed by atoms with Gasteiger partial charge in [-0.1, -0.05) is 11.3 Å². The number of fused-ring (bicyclic) bond motifs is 1. The lowest BCUT2D eigenvalue weighted by Crippen LogP contribution is -2.31. The second-order valence-corrected chi connectivity index (χ2v) is 7.94. The lowest BCUT2D eigenvalue weighted by molar-refractivity contribution is -0.153. The summed E-state index contributed by atoms with van der Waals surface area (Å²) in [5.74, 6) is 0.147. The van der Waals surface area contributed by atoms with Crippen LogP contribution < -0.4 is 15.4 Å². The summed E-state index contributed by atoms with van der Waals surface area (Å²) >= 11 is 1.24. The topological polar surface area (TPSA) is 63.2 Å². The lowest BCUT2D eigenvalue weighted by atomic mass is 9.92. The zero-order valence-corrected chi connectivity index (χ0v) is 14.7. The number of nitrogens with zero attached hydrogens (tertiary/aromatic N) is 1. The Labute approximate surface area is 151 Å². The van der Waals surface area contributed by atoms with E-state index < -0.39 is 12.8 Å². The van der Waals surface area contributed by atoms with Crippen molar-refractivity contribution in [2.24, 2.45) is 11.3 Å². The van der Waals surface area contributed by atoms with Gasteiger partial charge in [-0.2, -0.15) is 13.2 Å². The molecule has 1 aliphatic heterocycles. The van der Waals surface area contributed by atoms with Crippen LogP contribution in [0.1, 0.15) is 19.3 Å². The van der Waals surface area contributed by atoms with Crippen LogP contribution in [0.4, 0.5) is 18.3 Å². The summed E-state index contributed by atoms with van der Waals surface area (Å²) in [5, 5.41) is 6.64. The second-order valence-electron chi connectivity index (χ2n) is 6.91. The first kappa shape index (κ1) is 17.5. The minimum absolute atomic E-state index is 0.0144. The molecule has 0 bridgehead atoms. The fourth-order valence-electron chi connectivity index (χ4n) is 3.60. The SMILES string of the molecule is O=C(Nc1nc2ccc(OCC(F)(F)F)cc2s1)C1CC12CCNCC2. The van der Waals surface area contributed by atoms with Crippen LogP contribution in [0.25, 0.3) is 10.2 Å². The molecule has 140 valence electrons. The predicted molar refractivity (Wildman–Crippen MR) is 92.4 cm³/mol. The standard InChI is InChI=1S/C17H18F3N3O2S/c18-17(19,20)9-25-10-1-2-12-13(7-10)26-15(22-12)23-14(24)11-8-16(11)3-5-21-6-4-16/h1-2,7,11,21H,3-6,8-9H2,(H,22,23,24). The number of benzene rings is 1. The fourth-order valence-corrected chi connectivity index (χ4v) is 4.50. The summed E-state index contributed by atoms with van der Waals surface area (Å²) in [6.45, 7) is 0.566. The Hall–Kier alpha value is -1.87. The number of amides is 1. The molecule has 2 aliphatic rings. The van der Waals surface area contributed by atoms with Crippen molar-refractivity contribution in [3.05, 3.63) is 18.2 Å². The van der Waals surface area contributed by atoms with Crippen molar-refractivity contribution >= 4 is 32.6 Å². The Morgan fingerprint density at radius 2 is 2.15 bits per heavy atom. The number of carbonyl (C=O) groups is 1. The molecule has 1 saturated heterocycles. The summed E-state index contributed by atoms with van der Waals surface area (Å²) < 4.78 is 42.2. The number of piperidine rings is 1. The number of hydrogen-bond donors (Lipinski definition) is 2. The smallest absolute Gasteiger partial charge is 0.422 e. The van der Waals surface area contributed by atoms with Gasteiger partial charge < -0.3 is 15.4 Å². The van der Waals surface area contributed by atoms with Crippen LogP contribution in [-0.2, 0) is 4.79 Å². The maximum absolute atomic E-state index is 12.5. The highest BCUT2D eigenvalue weighted by Gasteiger charge is 2.57.